The first-order chi connectivity index (χ1) is 14.3. The Balaban J connectivity index is 1.86. The summed E-state index contributed by atoms with van der Waals surface area (Å²) in [5, 5.41) is 0. The lowest BCUT2D eigenvalue weighted by molar-refractivity contribution is -0.118. The minimum absolute atomic E-state index is 0.00198. The Kier molecular flexibility index (Phi) is 6.72. The van der Waals surface area contributed by atoms with Gasteiger partial charge in [-0.05, 0) is 52.3 Å². The fourth-order valence-electron chi connectivity index (χ4n) is 5.39. The quantitative estimate of drug-likeness (QED) is 0.706. The number of rotatable bonds is 8. The molecule has 0 bridgehead atoms. The molecule has 1 aromatic carbocycles. The van der Waals surface area contributed by atoms with Crippen LogP contribution in [0.3, 0.4) is 0 Å². The molecule has 0 radical (unpaired) electrons. The molecule has 2 fully saturated rings. The summed E-state index contributed by atoms with van der Waals surface area (Å²) in [6.45, 7) is 3.62. The van der Waals surface area contributed by atoms with E-state index in [1.54, 1.807) is 7.11 Å². The average Bonchev–Trinajstić information content (AvgIpc) is 2.99. The number of carbonyl (C=O) groups is 2. The van der Waals surface area contributed by atoms with E-state index in [4.69, 9.17) is 10.5 Å². The number of primary amides is 1. The molecular formula is C23H36N4O3. The van der Waals surface area contributed by atoms with Crippen molar-refractivity contribution in [3.63, 3.8) is 0 Å². The average molecular weight is 417 g/mol. The van der Waals surface area contributed by atoms with Gasteiger partial charge in [0.2, 0.25) is 5.91 Å². The van der Waals surface area contributed by atoms with Crippen LogP contribution in [0.25, 0.3) is 0 Å². The number of ether oxygens (including phenoxy) is 1. The maximum absolute atomic E-state index is 13.3. The second-order valence-corrected chi connectivity index (χ2v) is 9.09. The van der Waals surface area contributed by atoms with Crippen LogP contribution in [-0.2, 0) is 15.1 Å². The van der Waals surface area contributed by atoms with E-state index < -0.39 is 0 Å². The molecule has 3 amide bonds. The maximum atomic E-state index is 13.3. The van der Waals surface area contributed by atoms with Gasteiger partial charge in [-0.25, -0.2) is 4.79 Å². The number of carbonyl (C=O) groups excluding carboxylic acids is 2. The van der Waals surface area contributed by atoms with Crippen LogP contribution in [0.2, 0.25) is 0 Å². The number of nitrogens with two attached hydrogens (primary N) is 1. The fourth-order valence-corrected chi connectivity index (χ4v) is 5.39. The van der Waals surface area contributed by atoms with E-state index in [1.807, 2.05) is 16.7 Å². The zero-order valence-electron chi connectivity index (χ0n) is 18.8. The number of hydrogen-bond donors (Lipinski definition) is 1. The molecule has 166 valence electrons. The number of nitrogens with zero attached hydrogens (tertiary/aromatic N) is 3. The summed E-state index contributed by atoms with van der Waals surface area (Å²) >= 11 is 0. The van der Waals surface area contributed by atoms with E-state index in [0.29, 0.717) is 19.7 Å². The molecule has 7 heteroatoms. The van der Waals surface area contributed by atoms with Crippen LogP contribution in [0.5, 0.6) is 0 Å². The van der Waals surface area contributed by atoms with Gasteiger partial charge in [-0.15, -0.1) is 0 Å². The molecule has 3 rings (SSSR count). The molecule has 1 aliphatic heterocycles. The second-order valence-electron chi connectivity index (χ2n) is 9.09. The predicted octanol–water partition coefficient (Wildman–Crippen LogP) is 2.40. The Bertz CT molecular complexity index is 744. The molecule has 2 N–H and O–H groups in total. The third-order valence-electron chi connectivity index (χ3n) is 7.24. The van der Waals surface area contributed by atoms with Gasteiger partial charge in [-0.1, -0.05) is 30.3 Å². The first kappa shape index (κ1) is 22.6. The second kappa shape index (κ2) is 8.94. The van der Waals surface area contributed by atoms with Crippen LogP contribution in [0, 0.1) is 0 Å². The number of benzene rings is 1. The SMILES string of the molecule is COCCN1C(=O)N(C(C)CC(N)=O)CC12CCC(c1ccccc1)(N(C)C)CC2. The number of methoxy groups -OCH3 is 1. The van der Waals surface area contributed by atoms with Gasteiger partial charge in [0.15, 0.2) is 0 Å². The van der Waals surface area contributed by atoms with Crippen LogP contribution < -0.4 is 5.73 Å². The van der Waals surface area contributed by atoms with E-state index >= 15 is 0 Å². The van der Waals surface area contributed by atoms with Crippen molar-refractivity contribution in [2.75, 3.05) is 40.9 Å². The van der Waals surface area contributed by atoms with Gasteiger partial charge < -0.3 is 20.3 Å². The van der Waals surface area contributed by atoms with Crippen molar-refractivity contribution in [1.82, 2.24) is 14.7 Å². The first-order valence-electron chi connectivity index (χ1n) is 10.8. The standard InChI is InChI=1S/C23H36N4O3/c1-18(16-20(24)28)26-17-22(27(21(26)29)14-15-30-4)10-12-23(13-11-22,25(2)3)19-8-6-5-7-9-19/h5-9,18H,10-17H2,1-4H3,(H2,24,28). The minimum atomic E-state index is -0.376. The van der Waals surface area contributed by atoms with Crippen LogP contribution in [0.15, 0.2) is 30.3 Å². The largest absolute Gasteiger partial charge is 0.383 e. The normalized spacial score (nSPS) is 27.8. The Morgan fingerprint density at radius 1 is 1.20 bits per heavy atom. The van der Waals surface area contributed by atoms with Crippen molar-refractivity contribution >= 4 is 11.9 Å². The predicted molar refractivity (Wildman–Crippen MR) is 117 cm³/mol. The Morgan fingerprint density at radius 2 is 1.83 bits per heavy atom. The van der Waals surface area contributed by atoms with Crippen LogP contribution in [-0.4, -0.2) is 79.1 Å². The molecule has 1 unspecified atom stereocenters. The molecule has 1 saturated heterocycles. The summed E-state index contributed by atoms with van der Waals surface area (Å²) in [7, 11) is 5.96. The van der Waals surface area contributed by atoms with Crippen molar-refractivity contribution in [2.24, 2.45) is 5.73 Å². The van der Waals surface area contributed by atoms with Crippen LogP contribution in [0.4, 0.5) is 4.79 Å². The summed E-state index contributed by atoms with van der Waals surface area (Å²) in [4.78, 5) is 30.9. The Labute approximate surface area is 180 Å². The molecule has 1 atom stereocenters. The molecule has 7 nitrogen and oxygen atoms in total. The molecule has 1 aliphatic carbocycles. The molecule has 1 heterocycles. The lowest BCUT2D eigenvalue weighted by Crippen LogP contribution is -2.56. The third-order valence-corrected chi connectivity index (χ3v) is 7.24. The van der Waals surface area contributed by atoms with Gasteiger partial charge in [-0.3, -0.25) is 9.69 Å². The van der Waals surface area contributed by atoms with Gasteiger partial charge in [0, 0.05) is 38.2 Å². The lowest BCUT2D eigenvalue weighted by Gasteiger charge is -2.51. The van der Waals surface area contributed by atoms with Crippen molar-refractivity contribution in [3.05, 3.63) is 35.9 Å². The summed E-state index contributed by atoms with van der Waals surface area (Å²) in [6, 6.07) is 10.5. The highest BCUT2D eigenvalue weighted by Crippen LogP contribution is 2.49. The minimum Gasteiger partial charge on any atom is -0.383 e. The lowest BCUT2D eigenvalue weighted by atomic mass is 9.68. The highest BCUT2D eigenvalue weighted by molar-refractivity contribution is 5.80. The highest BCUT2D eigenvalue weighted by atomic mass is 16.5. The third kappa shape index (κ3) is 4.05. The summed E-state index contributed by atoms with van der Waals surface area (Å²) in [5.41, 5.74) is 6.48. The summed E-state index contributed by atoms with van der Waals surface area (Å²) in [6.07, 6.45) is 3.95. The van der Waals surface area contributed by atoms with Gasteiger partial charge in [0.1, 0.15) is 0 Å². The van der Waals surface area contributed by atoms with Crippen LogP contribution >= 0.6 is 0 Å². The van der Waals surface area contributed by atoms with E-state index in [2.05, 4.69) is 49.3 Å². The molecule has 1 spiro atoms. The smallest absolute Gasteiger partial charge is 0.320 e. The summed E-state index contributed by atoms with van der Waals surface area (Å²) < 4.78 is 5.30. The van der Waals surface area contributed by atoms with Crippen molar-refractivity contribution in [3.8, 4) is 0 Å². The molecule has 1 aromatic rings. The van der Waals surface area contributed by atoms with E-state index in [9.17, 15) is 9.59 Å². The van der Waals surface area contributed by atoms with Gasteiger partial charge in [0.25, 0.3) is 0 Å². The zero-order chi connectivity index (χ0) is 21.9. The van der Waals surface area contributed by atoms with E-state index in [-0.39, 0.29) is 35.5 Å². The fraction of sp³-hybridized carbons (Fsp3) is 0.652. The number of hydrogen-bond acceptors (Lipinski definition) is 4. The number of urea groups is 1. The number of amides is 3. The monoisotopic (exact) mass is 416 g/mol. The van der Waals surface area contributed by atoms with Gasteiger partial charge in [0.05, 0.1) is 12.1 Å². The first-order valence-corrected chi connectivity index (χ1v) is 10.8. The zero-order valence-corrected chi connectivity index (χ0v) is 18.8. The summed E-state index contributed by atoms with van der Waals surface area (Å²) in [5.74, 6) is -0.376. The molecule has 0 aromatic heterocycles. The van der Waals surface area contributed by atoms with Gasteiger partial charge >= 0.3 is 6.03 Å². The topological polar surface area (TPSA) is 79.1 Å². The molecular weight excluding hydrogens is 380 g/mol. The van der Waals surface area contributed by atoms with E-state index in [0.717, 1.165) is 25.7 Å². The van der Waals surface area contributed by atoms with E-state index in [1.165, 1.54) is 5.56 Å². The Morgan fingerprint density at radius 3 is 2.37 bits per heavy atom. The van der Waals surface area contributed by atoms with Crippen molar-refractivity contribution < 1.29 is 14.3 Å². The van der Waals surface area contributed by atoms with Crippen LogP contribution in [0.1, 0.15) is 44.6 Å². The van der Waals surface area contributed by atoms with Crippen molar-refractivity contribution in [2.45, 2.75) is 56.1 Å². The Hall–Kier alpha value is -2.12. The highest BCUT2D eigenvalue weighted by Gasteiger charge is 2.55. The van der Waals surface area contributed by atoms with Gasteiger partial charge in [-0.2, -0.15) is 0 Å². The molecule has 2 aliphatic rings. The van der Waals surface area contributed by atoms with Crippen molar-refractivity contribution in [1.29, 1.82) is 0 Å². The molecule has 1 saturated carbocycles. The molecule has 30 heavy (non-hydrogen) atoms. The maximum Gasteiger partial charge on any atom is 0.320 e.